The first kappa shape index (κ1) is 21.7. The highest BCUT2D eigenvalue weighted by atomic mass is 32.3. The molecule has 1 heterocycles. The Bertz CT molecular complexity index is 608. The van der Waals surface area contributed by atoms with Crippen molar-refractivity contribution in [1.82, 2.24) is 5.32 Å². The van der Waals surface area contributed by atoms with Crippen LogP contribution in [0.4, 0.5) is 0 Å². The zero-order valence-electron chi connectivity index (χ0n) is 12.8. The van der Waals surface area contributed by atoms with Crippen molar-refractivity contribution in [1.29, 1.82) is 0 Å². The predicted octanol–water partition coefficient (Wildman–Crippen LogP) is -4.04. The lowest BCUT2D eigenvalue weighted by atomic mass is 9.88. The van der Waals surface area contributed by atoms with Crippen LogP contribution in [0.15, 0.2) is 0 Å². The molecule has 0 radical (unpaired) electrons. The fraction of sp³-hybridized carbons (Fsp3) is 0.818. The van der Waals surface area contributed by atoms with Crippen molar-refractivity contribution >= 4 is 22.3 Å². The van der Waals surface area contributed by atoms with Crippen LogP contribution in [-0.4, -0.2) is 93.2 Å². The third-order valence-electron chi connectivity index (χ3n) is 3.43. The molecule has 0 aromatic heterocycles. The summed E-state index contributed by atoms with van der Waals surface area (Å²) in [6, 6.07) is -1.60. The zero-order chi connectivity index (χ0) is 19.6. The van der Waals surface area contributed by atoms with Crippen LogP contribution in [0.5, 0.6) is 0 Å². The molecule has 1 amide bonds. The first-order valence-corrected chi connectivity index (χ1v) is 8.20. The summed E-state index contributed by atoms with van der Waals surface area (Å²) in [5.74, 6) is -5.83. The Hall–Kier alpha value is -1.39. The molecule has 0 aromatic carbocycles. The van der Waals surface area contributed by atoms with E-state index >= 15 is 0 Å². The third kappa shape index (κ3) is 5.55. The number of carboxylic acid groups (broad SMARTS) is 1. The van der Waals surface area contributed by atoms with Crippen LogP contribution in [0.25, 0.3) is 0 Å². The molecule has 1 rings (SSSR count). The molecule has 0 spiro atoms. The zero-order valence-corrected chi connectivity index (χ0v) is 13.7. The molecule has 1 aliphatic heterocycles. The van der Waals surface area contributed by atoms with Gasteiger partial charge >= 0.3 is 16.4 Å². The second-order valence-electron chi connectivity index (χ2n) is 5.41. The number of hydrogen-bond donors (Lipinski definition) is 7. The van der Waals surface area contributed by atoms with Crippen LogP contribution in [0.2, 0.25) is 0 Å². The number of carbonyl (C=O) groups is 2. The fourth-order valence-corrected chi connectivity index (χ4v) is 2.86. The monoisotopic (exact) mass is 389 g/mol. The maximum atomic E-state index is 11.3. The van der Waals surface area contributed by atoms with Gasteiger partial charge in [-0.1, -0.05) is 0 Å². The van der Waals surface area contributed by atoms with Crippen molar-refractivity contribution in [3.8, 4) is 0 Å². The molecule has 25 heavy (non-hydrogen) atoms. The Balaban J connectivity index is 3.33. The molecule has 6 atom stereocenters. The summed E-state index contributed by atoms with van der Waals surface area (Å²) >= 11 is 0. The minimum absolute atomic E-state index is 0.783. The van der Waals surface area contributed by atoms with Crippen molar-refractivity contribution in [3.63, 3.8) is 0 Å². The molecule has 1 fully saturated rings. The number of carboxylic acids is 1. The standard InChI is InChI=1S/C11H19NO12S/c1-4(14)12-7-6(24-25(20,21)22)2-11(19,10(17)18)23-9(7)8(16)5(15)3-13/h5-9,13,15-16,19H,2-3H2,1H3,(H,12,14)(H,17,18)(H,20,21,22)/t5-,6+,7-,8-,9-,11?/m1/s1. The van der Waals surface area contributed by atoms with Gasteiger partial charge in [0.15, 0.2) is 0 Å². The Morgan fingerprint density at radius 2 is 1.96 bits per heavy atom. The van der Waals surface area contributed by atoms with Gasteiger partial charge in [0.05, 0.1) is 12.6 Å². The third-order valence-corrected chi connectivity index (χ3v) is 3.92. The van der Waals surface area contributed by atoms with Gasteiger partial charge in [0.1, 0.15) is 24.4 Å². The molecule has 7 N–H and O–H groups in total. The molecule has 1 unspecified atom stereocenters. The van der Waals surface area contributed by atoms with Crippen molar-refractivity contribution in [2.45, 2.75) is 49.6 Å². The number of ether oxygens (including phenoxy) is 1. The van der Waals surface area contributed by atoms with Gasteiger partial charge < -0.3 is 35.6 Å². The number of nitrogens with one attached hydrogen (secondary N) is 1. The highest BCUT2D eigenvalue weighted by Crippen LogP contribution is 2.32. The molecule has 0 aliphatic carbocycles. The summed E-state index contributed by atoms with van der Waals surface area (Å²) in [7, 11) is -5.15. The normalized spacial score (nSPS) is 32.6. The molecular weight excluding hydrogens is 370 g/mol. The summed E-state index contributed by atoms with van der Waals surface area (Å²) in [5.41, 5.74) is 0. The van der Waals surface area contributed by atoms with Gasteiger partial charge in [0, 0.05) is 13.3 Å². The molecule has 13 nitrogen and oxygen atoms in total. The van der Waals surface area contributed by atoms with Crippen LogP contribution in [0, 0.1) is 0 Å². The number of carbonyl (C=O) groups excluding carboxylic acids is 1. The Labute approximate surface area is 141 Å². The first-order valence-electron chi connectivity index (χ1n) is 6.84. The van der Waals surface area contributed by atoms with E-state index in [1.165, 1.54) is 0 Å². The Morgan fingerprint density at radius 3 is 2.36 bits per heavy atom. The lowest BCUT2D eigenvalue weighted by Crippen LogP contribution is -2.67. The second-order valence-corrected chi connectivity index (χ2v) is 6.45. The molecule has 0 bridgehead atoms. The molecular formula is C11H19NO12S. The van der Waals surface area contributed by atoms with E-state index in [1.807, 2.05) is 0 Å². The smallest absolute Gasteiger partial charge is 0.397 e. The van der Waals surface area contributed by atoms with Crippen molar-refractivity contribution in [3.05, 3.63) is 0 Å². The van der Waals surface area contributed by atoms with Crippen molar-refractivity contribution in [2.24, 2.45) is 0 Å². The van der Waals surface area contributed by atoms with Gasteiger partial charge in [-0.25, -0.2) is 8.98 Å². The molecule has 14 heteroatoms. The highest BCUT2D eigenvalue weighted by Gasteiger charge is 2.55. The summed E-state index contributed by atoms with van der Waals surface area (Å²) in [5, 5.41) is 49.6. The average molecular weight is 389 g/mol. The second kappa shape index (κ2) is 7.88. The molecule has 1 saturated heterocycles. The summed E-state index contributed by atoms with van der Waals surface area (Å²) in [6.07, 6.45) is -8.78. The molecule has 0 saturated carbocycles. The predicted molar refractivity (Wildman–Crippen MR) is 75.2 cm³/mol. The number of amides is 1. The van der Waals surface area contributed by atoms with Gasteiger partial charge in [-0.2, -0.15) is 8.42 Å². The quantitative estimate of drug-likeness (QED) is 0.207. The maximum absolute atomic E-state index is 11.3. The lowest BCUT2D eigenvalue weighted by Gasteiger charge is -2.45. The number of hydrogen-bond acceptors (Lipinski definition) is 10. The van der Waals surface area contributed by atoms with Crippen LogP contribution in [-0.2, 0) is 28.9 Å². The van der Waals surface area contributed by atoms with E-state index in [2.05, 4.69) is 9.50 Å². The van der Waals surface area contributed by atoms with Crippen LogP contribution < -0.4 is 5.32 Å². The van der Waals surface area contributed by atoms with E-state index < -0.39 is 71.5 Å². The fourth-order valence-electron chi connectivity index (χ4n) is 2.36. The van der Waals surface area contributed by atoms with E-state index in [0.29, 0.717) is 0 Å². The largest absolute Gasteiger partial charge is 0.477 e. The van der Waals surface area contributed by atoms with E-state index in [0.717, 1.165) is 6.92 Å². The number of aliphatic hydroxyl groups excluding tert-OH is 3. The van der Waals surface area contributed by atoms with Crippen molar-refractivity contribution < 1.29 is 57.0 Å². The van der Waals surface area contributed by atoms with E-state index in [-0.39, 0.29) is 0 Å². The van der Waals surface area contributed by atoms with Crippen LogP contribution in [0.3, 0.4) is 0 Å². The summed E-state index contributed by atoms with van der Waals surface area (Å²) in [6.45, 7) is -0.00242. The summed E-state index contributed by atoms with van der Waals surface area (Å²) in [4.78, 5) is 22.5. The molecule has 146 valence electrons. The number of rotatable bonds is 7. The summed E-state index contributed by atoms with van der Waals surface area (Å²) < 4.78 is 39.9. The van der Waals surface area contributed by atoms with Gasteiger partial charge in [0.2, 0.25) is 5.91 Å². The van der Waals surface area contributed by atoms with Crippen LogP contribution in [0.1, 0.15) is 13.3 Å². The Kier molecular flexibility index (Phi) is 6.82. The van der Waals surface area contributed by atoms with E-state index in [4.69, 9.17) is 19.5 Å². The van der Waals surface area contributed by atoms with Gasteiger partial charge in [-0.3, -0.25) is 9.35 Å². The van der Waals surface area contributed by atoms with Crippen LogP contribution >= 0.6 is 0 Å². The van der Waals surface area contributed by atoms with Gasteiger partial charge in [-0.15, -0.1) is 0 Å². The van der Waals surface area contributed by atoms with Gasteiger partial charge in [-0.05, 0) is 0 Å². The minimum Gasteiger partial charge on any atom is -0.477 e. The number of aliphatic hydroxyl groups is 4. The minimum atomic E-state index is -5.15. The molecule has 1 aliphatic rings. The van der Waals surface area contributed by atoms with Crippen molar-refractivity contribution in [2.75, 3.05) is 6.61 Å². The maximum Gasteiger partial charge on any atom is 0.397 e. The average Bonchev–Trinajstić information content (AvgIpc) is 2.46. The lowest BCUT2D eigenvalue weighted by molar-refractivity contribution is -0.292. The Morgan fingerprint density at radius 1 is 1.40 bits per heavy atom. The van der Waals surface area contributed by atoms with E-state index in [9.17, 15) is 33.3 Å². The highest BCUT2D eigenvalue weighted by molar-refractivity contribution is 7.80. The topological polar surface area (TPSA) is 220 Å². The molecule has 0 aromatic rings. The number of aliphatic carboxylic acids is 1. The SMILES string of the molecule is CC(=O)N[C@H]1[C@H]([C@H](O)[C@H](O)CO)OC(O)(C(=O)O)C[C@@H]1OS(=O)(=O)O. The van der Waals surface area contributed by atoms with E-state index in [1.54, 1.807) is 0 Å². The first-order chi connectivity index (χ1) is 11.3. The van der Waals surface area contributed by atoms with Gasteiger partial charge in [0.25, 0.3) is 5.79 Å².